The molecule has 0 bridgehead atoms. The van der Waals surface area contributed by atoms with Crippen LogP contribution in [0.2, 0.25) is 0 Å². The fourth-order valence-corrected chi connectivity index (χ4v) is 2.17. The Kier molecular flexibility index (Phi) is 5.25. The van der Waals surface area contributed by atoms with E-state index >= 15 is 0 Å². The van der Waals surface area contributed by atoms with Gasteiger partial charge in [0, 0.05) is 18.1 Å². The summed E-state index contributed by atoms with van der Waals surface area (Å²) in [6.07, 6.45) is 3.34. The van der Waals surface area contributed by atoms with Crippen LogP contribution in [0, 0.1) is 0 Å². The molecule has 0 aliphatic carbocycles. The van der Waals surface area contributed by atoms with Crippen molar-refractivity contribution < 1.29 is 14.3 Å². The predicted molar refractivity (Wildman–Crippen MR) is 83.2 cm³/mol. The van der Waals surface area contributed by atoms with Crippen LogP contribution in [0.15, 0.2) is 54.9 Å². The Morgan fingerprint density at radius 2 is 1.91 bits per heavy atom. The zero-order valence-corrected chi connectivity index (χ0v) is 12.6. The van der Waals surface area contributed by atoms with Gasteiger partial charge in [-0.25, -0.2) is 4.79 Å². The summed E-state index contributed by atoms with van der Waals surface area (Å²) >= 11 is 0. The van der Waals surface area contributed by atoms with E-state index in [1.807, 2.05) is 31.2 Å². The highest BCUT2D eigenvalue weighted by atomic mass is 16.5. The first-order valence-electron chi connectivity index (χ1n) is 7.10. The first-order valence-corrected chi connectivity index (χ1v) is 7.10. The van der Waals surface area contributed by atoms with Gasteiger partial charge in [0.15, 0.2) is 0 Å². The van der Waals surface area contributed by atoms with E-state index < -0.39 is 11.9 Å². The van der Waals surface area contributed by atoms with Gasteiger partial charge < -0.3 is 4.74 Å². The standard InChI is InChI=1S/C17H18N2O3/c1-3-22-17(21)16(20)19(15-9-5-4-6-10-15)13(2)14-8-7-11-18-12-14/h4-13H,3H2,1-2H3. The monoisotopic (exact) mass is 298 g/mol. The first-order chi connectivity index (χ1) is 10.6. The van der Waals surface area contributed by atoms with Crippen molar-refractivity contribution in [2.24, 2.45) is 0 Å². The number of hydrogen-bond acceptors (Lipinski definition) is 4. The fraction of sp³-hybridized carbons (Fsp3) is 0.235. The molecule has 0 saturated heterocycles. The first kappa shape index (κ1) is 15.7. The van der Waals surface area contributed by atoms with E-state index in [0.29, 0.717) is 5.69 Å². The van der Waals surface area contributed by atoms with Gasteiger partial charge in [0.1, 0.15) is 0 Å². The molecule has 0 N–H and O–H groups in total. The normalized spacial score (nSPS) is 11.5. The number of para-hydroxylation sites is 1. The maximum Gasteiger partial charge on any atom is 0.397 e. The minimum absolute atomic E-state index is 0.161. The highest BCUT2D eigenvalue weighted by molar-refractivity contribution is 6.38. The highest BCUT2D eigenvalue weighted by Gasteiger charge is 2.29. The summed E-state index contributed by atoms with van der Waals surface area (Å²) in [5.41, 5.74) is 1.47. The second kappa shape index (κ2) is 7.36. The molecule has 0 fully saturated rings. The van der Waals surface area contributed by atoms with Crippen LogP contribution in [0.1, 0.15) is 25.5 Å². The van der Waals surface area contributed by atoms with Gasteiger partial charge in [-0.1, -0.05) is 24.3 Å². The molecule has 0 spiro atoms. The quantitative estimate of drug-likeness (QED) is 0.643. The Balaban J connectivity index is 2.38. The molecule has 2 rings (SSSR count). The van der Waals surface area contributed by atoms with Gasteiger partial charge in [-0.05, 0) is 37.6 Å². The number of amides is 1. The lowest BCUT2D eigenvalue weighted by Gasteiger charge is -2.28. The molecule has 1 atom stereocenters. The summed E-state index contributed by atoms with van der Waals surface area (Å²) in [5, 5.41) is 0. The zero-order valence-electron chi connectivity index (χ0n) is 12.6. The van der Waals surface area contributed by atoms with E-state index in [-0.39, 0.29) is 12.6 Å². The molecule has 0 radical (unpaired) electrons. The molecular formula is C17H18N2O3. The lowest BCUT2D eigenvalue weighted by atomic mass is 10.1. The predicted octanol–water partition coefficient (Wildman–Crippen LogP) is 2.74. The van der Waals surface area contributed by atoms with Crippen molar-refractivity contribution in [3.63, 3.8) is 0 Å². The highest BCUT2D eigenvalue weighted by Crippen LogP contribution is 2.26. The largest absolute Gasteiger partial charge is 0.459 e. The van der Waals surface area contributed by atoms with E-state index in [4.69, 9.17) is 4.74 Å². The van der Waals surface area contributed by atoms with E-state index in [0.717, 1.165) is 5.56 Å². The number of nitrogens with zero attached hydrogens (tertiary/aromatic N) is 2. The molecule has 1 amide bonds. The van der Waals surface area contributed by atoms with Gasteiger partial charge in [0.05, 0.1) is 12.6 Å². The molecule has 1 aromatic heterocycles. The maximum absolute atomic E-state index is 12.5. The molecule has 5 nitrogen and oxygen atoms in total. The number of aromatic nitrogens is 1. The van der Waals surface area contributed by atoms with Gasteiger partial charge in [-0.3, -0.25) is 14.7 Å². The molecule has 114 valence electrons. The molecule has 22 heavy (non-hydrogen) atoms. The van der Waals surface area contributed by atoms with E-state index in [1.165, 1.54) is 4.90 Å². The van der Waals surface area contributed by atoms with Gasteiger partial charge in [-0.2, -0.15) is 0 Å². The second-order valence-corrected chi connectivity index (χ2v) is 4.69. The van der Waals surface area contributed by atoms with Crippen LogP contribution in [0.5, 0.6) is 0 Å². The van der Waals surface area contributed by atoms with Gasteiger partial charge in [0.25, 0.3) is 0 Å². The Hall–Kier alpha value is -2.69. The molecule has 1 heterocycles. The van der Waals surface area contributed by atoms with Crippen molar-refractivity contribution >= 4 is 17.6 Å². The van der Waals surface area contributed by atoms with Crippen molar-refractivity contribution in [1.29, 1.82) is 0 Å². The van der Waals surface area contributed by atoms with Crippen LogP contribution in [0.3, 0.4) is 0 Å². The molecule has 1 unspecified atom stereocenters. The Morgan fingerprint density at radius 3 is 2.50 bits per heavy atom. The van der Waals surface area contributed by atoms with Crippen molar-refractivity contribution in [1.82, 2.24) is 4.98 Å². The Labute approximate surface area is 129 Å². The molecule has 1 aromatic carbocycles. The summed E-state index contributed by atoms with van der Waals surface area (Å²) in [5.74, 6) is -1.55. The third-order valence-corrected chi connectivity index (χ3v) is 3.26. The number of rotatable bonds is 4. The van der Waals surface area contributed by atoms with Crippen molar-refractivity contribution in [3.05, 3.63) is 60.4 Å². The number of anilines is 1. The third kappa shape index (κ3) is 3.49. The number of benzene rings is 1. The maximum atomic E-state index is 12.5. The summed E-state index contributed by atoms with van der Waals surface area (Å²) in [6.45, 7) is 3.68. The van der Waals surface area contributed by atoms with E-state index in [2.05, 4.69) is 4.98 Å². The number of hydrogen-bond donors (Lipinski definition) is 0. The van der Waals surface area contributed by atoms with Crippen LogP contribution in [-0.2, 0) is 14.3 Å². The topological polar surface area (TPSA) is 59.5 Å². The average molecular weight is 298 g/mol. The molecule has 2 aromatic rings. The smallest absolute Gasteiger partial charge is 0.397 e. The average Bonchev–Trinajstić information content (AvgIpc) is 2.57. The summed E-state index contributed by atoms with van der Waals surface area (Å²) < 4.78 is 4.85. The Morgan fingerprint density at radius 1 is 1.18 bits per heavy atom. The minimum atomic E-state index is -0.859. The van der Waals surface area contributed by atoms with Crippen LogP contribution in [0.4, 0.5) is 5.69 Å². The van der Waals surface area contributed by atoms with Gasteiger partial charge >= 0.3 is 11.9 Å². The van der Waals surface area contributed by atoms with Crippen molar-refractivity contribution in [2.75, 3.05) is 11.5 Å². The molecule has 0 aliphatic rings. The third-order valence-electron chi connectivity index (χ3n) is 3.26. The molecular weight excluding hydrogens is 280 g/mol. The zero-order chi connectivity index (χ0) is 15.9. The van der Waals surface area contributed by atoms with Crippen LogP contribution in [0.25, 0.3) is 0 Å². The SMILES string of the molecule is CCOC(=O)C(=O)N(c1ccccc1)C(C)c1cccnc1. The second-order valence-electron chi connectivity index (χ2n) is 4.69. The number of esters is 1. The van der Waals surface area contributed by atoms with Crippen molar-refractivity contribution in [2.45, 2.75) is 19.9 Å². The van der Waals surface area contributed by atoms with Gasteiger partial charge in [0.2, 0.25) is 0 Å². The van der Waals surface area contributed by atoms with E-state index in [9.17, 15) is 9.59 Å². The summed E-state index contributed by atoms with van der Waals surface area (Å²) in [4.78, 5) is 29.8. The molecule has 0 aliphatic heterocycles. The van der Waals surface area contributed by atoms with Crippen LogP contribution in [-0.4, -0.2) is 23.5 Å². The van der Waals surface area contributed by atoms with Gasteiger partial charge in [-0.15, -0.1) is 0 Å². The summed E-state index contributed by atoms with van der Waals surface area (Å²) in [7, 11) is 0. The fourth-order valence-electron chi connectivity index (χ4n) is 2.17. The molecule has 0 saturated carbocycles. The number of carbonyl (C=O) groups is 2. The number of pyridine rings is 1. The minimum Gasteiger partial charge on any atom is -0.459 e. The summed E-state index contributed by atoms with van der Waals surface area (Å²) in [6, 6.07) is 12.4. The Bertz CT molecular complexity index is 629. The number of carbonyl (C=O) groups excluding carboxylic acids is 2. The van der Waals surface area contributed by atoms with Crippen molar-refractivity contribution in [3.8, 4) is 0 Å². The molecule has 5 heteroatoms. The van der Waals surface area contributed by atoms with Crippen LogP contribution >= 0.6 is 0 Å². The van der Waals surface area contributed by atoms with E-state index in [1.54, 1.807) is 37.5 Å². The lowest BCUT2D eigenvalue weighted by molar-refractivity contribution is -0.153. The number of ether oxygens (including phenoxy) is 1. The van der Waals surface area contributed by atoms with Crippen LogP contribution < -0.4 is 4.90 Å². The lowest BCUT2D eigenvalue weighted by Crippen LogP contribution is -2.39.